The largest absolute Gasteiger partial charge is 0.331 e. The fourth-order valence-corrected chi connectivity index (χ4v) is 3.33. The third-order valence-electron chi connectivity index (χ3n) is 3.20. The summed E-state index contributed by atoms with van der Waals surface area (Å²) in [5, 5.41) is 1.58. The molecule has 1 aromatic carbocycles. The third kappa shape index (κ3) is 1.49. The van der Waals surface area contributed by atoms with Crippen molar-refractivity contribution in [3.05, 3.63) is 40.2 Å². The molecule has 0 saturated heterocycles. The highest BCUT2D eigenvalue weighted by Gasteiger charge is 2.14. The Hall–Kier alpha value is -1.68. The Kier molecular flexibility index (Phi) is 2.67. The molecule has 0 amide bonds. The van der Waals surface area contributed by atoms with E-state index in [-0.39, 0.29) is 5.43 Å². The molecule has 0 radical (unpaired) electrons. The Morgan fingerprint density at radius 1 is 1.33 bits per heavy atom. The van der Waals surface area contributed by atoms with Crippen molar-refractivity contribution in [2.75, 3.05) is 0 Å². The predicted octanol–water partition coefficient (Wildman–Crippen LogP) is 3.33. The number of rotatable bonds is 2. The average molecular weight is 258 g/mol. The van der Waals surface area contributed by atoms with E-state index in [4.69, 9.17) is 0 Å². The number of fused-ring (bicyclic) bond motifs is 2. The van der Waals surface area contributed by atoms with Crippen LogP contribution in [0.3, 0.4) is 0 Å². The molecular weight excluding hydrogens is 244 g/mol. The Bertz CT molecular complexity index is 785. The maximum Gasteiger partial charge on any atom is 0.200 e. The first-order valence-electron chi connectivity index (χ1n) is 6.11. The standard InChI is InChI=1S/C14H14N2OS/c1-3-8-16-11-7-5-4-6-10(11)13(17)12-9(2)15-18-14(12)16/h4-7H,3,8H2,1-2H3. The molecule has 0 aliphatic rings. The van der Waals surface area contributed by atoms with E-state index in [0.717, 1.165) is 39.8 Å². The predicted molar refractivity (Wildman–Crippen MR) is 76.4 cm³/mol. The van der Waals surface area contributed by atoms with Crippen LogP contribution in [0.25, 0.3) is 21.1 Å². The van der Waals surface area contributed by atoms with Gasteiger partial charge in [-0.1, -0.05) is 19.1 Å². The minimum absolute atomic E-state index is 0.110. The van der Waals surface area contributed by atoms with E-state index in [1.165, 1.54) is 11.5 Å². The van der Waals surface area contributed by atoms with Crippen LogP contribution < -0.4 is 5.43 Å². The number of pyridine rings is 1. The molecule has 0 bridgehead atoms. The Morgan fingerprint density at radius 2 is 2.11 bits per heavy atom. The highest BCUT2D eigenvalue weighted by molar-refractivity contribution is 7.13. The highest BCUT2D eigenvalue weighted by atomic mass is 32.1. The van der Waals surface area contributed by atoms with Crippen LogP contribution in [0.1, 0.15) is 19.0 Å². The molecule has 0 spiro atoms. The monoisotopic (exact) mass is 258 g/mol. The number of para-hydroxylation sites is 1. The number of nitrogens with zero attached hydrogens (tertiary/aromatic N) is 2. The van der Waals surface area contributed by atoms with Crippen molar-refractivity contribution < 1.29 is 0 Å². The molecule has 0 fully saturated rings. The molecule has 3 aromatic rings. The summed E-state index contributed by atoms with van der Waals surface area (Å²) in [5.74, 6) is 0. The maximum atomic E-state index is 12.5. The van der Waals surface area contributed by atoms with Gasteiger partial charge in [0.05, 0.1) is 16.6 Å². The zero-order chi connectivity index (χ0) is 12.7. The quantitative estimate of drug-likeness (QED) is 0.706. The van der Waals surface area contributed by atoms with Crippen LogP contribution in [0.5, 0.6) is 0 Å². The van der Waals surface area contributed by atoms with Gasteiger partial charge < -0.3 is 4.57 Å². The van der Waals surface area contributed by atoms with Crippen LogP contribution in [0.15, 0.2) is 29.1 Å². The van der Waals surface area contributed by atoms with Crippen molar-refractivity contribution in [2.24, 2.45) is 0 Å². The molecule has 0 aliphatic heterocycles. The van der Waals surface area contributed by atoms with Gasteiger partial charge in [-0.15, -0.1) is 0 Å². The highest BCUT2D eigenvalue weighted by Crippen LogP contribution is 2.24. The fraction of sp³-hybridized carbons (Fsp3) is 0.286. The molecule has 0 atom stereocenters. The SMILES string of the molecule is CCCn1c2ccccc2c(=O)c2c(C)nsc21. The van der Waals surface area contributed by atoms with E-state index in [1.54, 1.807) is 0 Å². The normalized spacial score (nSPS) is 11.4. The molecule has 0 unspecified atom stereocenters. The number of aryl methyl sites for hydroxylation is 2. The smallest absolute Gasteiger partial charge is 0.200 e. The van der Waals surface area contributed by atoms with Crippen LogP contribution in [-0.4, -0.2) is 8.94 Å². The Morgan fingerprint density at radius 3 is 2.89 bits per heavy atom. The van der Waals surface area contributed by atoms with E-state index in [0.29, 0.717) is 0 Å². The maximum absolute atomic E-state index is 12.5. The van der Waals surface area contributed by atoms with E-state index < -0.39 is 0 Å². The van der Waals surface area contributed by atoms with Crippen LogP contribution in [0.2, 0.25) is 0 Å². The van der Waals surface area contributed by atoms with Gasteiger partial charge in [-0.3, -0.25) is 4.79 Å². The first-order chi connectivity index (χ1) is 8.74. The molecule has 92 valence electrons. The van der Waals surface area contributed by atoms with Gasteiger partial charge in [-0.05, 0) is 37.0 Å². The number of hydrogen-bond donors (Lipinski definition) is 0. The summed E-state index contributed by atoms with van der Waals surface area (Å²) in [5.41, 5.74) is 1.97. The minimum atomic E-state index is 0.110. The fourth-order valence-electron chi connectivity index (χ4n) is 2.39. The van der Waals surface area contributed by atoms with E-state index in [1.807, 2.05) is 31.2 Å². The van der Waals surface area contributed by atoms with Gasteiger partial charge in [0.1, 0.15) is 4.83 Å². The second-order valence-electron chi connectivity index (χ2n) is 4.45. The van der Waals surface area contributed by atoms with Gasteiger partial charge in [0, 0.05) is 11.9 Å². The summed E-state index contributed by atoms with van der Waals surface area (Å²) in [6.45, 7) is 4.97. The lowest BCUT2D eigenvalue weighted by Crippen LogP contribution is -2.10. The van der Waals surface area contributed by atoms with Crippen molar-refractivity contribution >= 4 is 32.7 Å². The lowest BCUT2D eigenvalue weighted by atomic mass is 10.1. The second-order valence-corrected chi connectivity index (χ2v) is 5.20. The summed E-state index contributed by atoms with van der Waals surface area (Å²) in [6.07, 6.45) is 1.04. The van der Waals surface area contributed by atoms with Gasteiger partial charge in [-0.25, -0.2) is 0 Å². The minimum Gasteiger partial charge on any atom is -0.331 e. The molecular formula is C14H14N2OS. The molecule has 2 heterocycles. The molecule has 0 saturated carbocycles. The Labute approximate surface area is 109 Å². The molecule has 3 rings (SSSR count). The Balaban J connectivity index is 2.60. The van der Waals surface area contributed by atoms with E-state index in [2.05, 4.69) is 15.9 Å². The lowest BCUT2D eigenvalue weighted by molar-refractivity contribution is 0.724. The van der Waals surface area contributed by atoms with Crippen LogP contribution in [0, 0.1) is 6.92 Å². The summed E-state index contributed by atoms with van der Waals surface area (Å²) in [6, 6.07) is 7.82. The van der Waals surface area contributed by atoms with E-state index in [9.17, 15) is 4.79 Å². The molecule has 0 N–H and O–H groups in total. The first-order valence-corrected chi connectivity index (χ1v) is 6.89. The third-order valence-corrected chi connectivity index (χ3v) is 4.17. The van der Waals surface area contributed by atoms with Crippen molar-refractivity contribution in [3.8, 4) is 0 Å². The first kappa shape index (κ1) is 11.4. The summed E-state index contributed by atoms with van der Waals surface area (Å²) in [7, 11) is 0. The number of hydrogen-bond acceptors (Lipinski definition) is 3. The topological polar surface area (TPSA) is 34.9 Å². The van der Waals surface area contributed by atoms with Crippen LogP contribution in [0.4, 0.5) is 0 Å². The van der Waals surface area contributed by atoms with Crippen LogP contribution in [-0.2, 0) is 6.54 Å². The second kappa shape index (κ2) is 4.21. The summed E-state index contributed by atoms with van der Waals surface area (Å²) >= 11 is 1.42. The zero-order valence-corrected chi connectivity index (χ0v) is 11.3. The molecule has 0 aliphatic carbocycles. The van der Waals surface area contributed by atoms with Crippen LogP contribution >= 0.6 is 11.5 Å². The van der Waals surface area contributed by atoms with Gasteiger partial charge in [0.15, 0.2) is 5.43 Å². The van der Waals surface area contributed by atoms with Crippen molar-refractivity contribution in [1.29, 1.82) is 0 Å². The van der Waals surface area contributed by atoms with E-state index >= 15 is 0 Å². The van der Waals surface area contributed by atoms with Crippen molar-refractivity contribution in [2.45, 2.75) is 26.8 Å². The molecule has 2 aromatic heterocycles. The van der Waals surface area contributed by atoms with Gasteiger partial charge in [0.25, 0.3) is 0 Å². The lowest BCUT2D eigenvalue weighted by Gasteiger charge is -2.11. The molecule has 4 heteroatoms. The summed E-state index contributed by atoms with van der Waals surface area (Å²) < 4.78 is 6.56. The van der Waals surface area contributed by atoms with Gasteiger partial charge in [0.2, 0.25) is 0 Å². The van der Waals surface area contributed by atoms with Crippen molar-refractivity contribution in [3.63, 3.8) is 0 Å². The summed E-state index contributed by atoms with van der Waals surface area (Å²) in [4.78, 5) is 13.5. The molecule has 18 heavy (non-hydrogen) atoms. The number of aromatic nitrogens is 2. The zero-order valence-electron chi connectivity index (χ0n) is 10.4. The van der Waals surface area contributed by atoms with Gasteiger partial charge in [-0.2, -0.15) is 4.37 Å². The van der Waals surface area contributed by atoms with Gasteiger partial charge >= 0.3 is 0 Å². The molecule has 3 nitrogen and oxygen atoms in total. The average Bonchev–Trinajstić information content (AvgIpc) is 2.77. The number of benzene rings is 1. The van der Waals surface area contributed by atoms with Crippen molar-refractivity contribution in [1.82, 2.24) is 8.94 Å².